The van der Waals surface area contributed by atoms with Gasteiger partial charge in [-0.3, -0.25) is 4.98 Å². The molecule has 0 unspecified atom stereocenters. The SMILES string of the molecule is Cc1cc(C(=O)OCc2ccccn2)c2c(C)noc2n1. The molecule has 0 atom stereocenters. The molecule has 0 radical (unpaired) electrons. The van der Waals surface area contributed by atoms with Crippen LogP contribution in [0.3, 0.4) is 0 Å². The lowest BCUT2D eigenvalue weighted by atomic mass is 10.1. The number of carbonyl (C=O) groups is 1. The number of hydrogen-bond donors (Lipinski definition) is 0. The van der Waals surface area contributed by atoms with Gasteiger partial charge in [0.25, 0.3) is 5.71 Å². The Labute approximate surface area is 120 Å². The first kappa shape index (κ1) is 13.2. The van der Waals surface area contributed by atoms with Crippen LogP contribution >= 0.6 is 0 Å². The molecular formula is C15H13N3O3. The van der Waals surface area contributed by atoms with E-state index in [4.69, 9.17) is 9.26 Å². The van der Waals surface area contributed by atoms with Crippen LogP contribution in [0.5, 0.6) is 0 Å². The number of rotatable bonds is 3. The molecule has 3 heterocycles. The van der Waals surface area contributed by atoms with E-state index < -0.39 is 5.97 Å². The third-order valence-electron chi connectivity index (χ3n) is 3.04. The summed E-state index contributed by atoms with van der Waals surface area (Å²) >= 11 is 0. The third kappa shape index (κ3) is 2.60. The second-order valence-electron chi connectivity index (χ2n) is 4.66. The van der Waals surface area contributed by atoms with Crippen molar-refractivity contribution in [3.8, 4) is 0 Å². The molecule has 0 fully saturated rings. The summed E-state index contributed by atoms with van der Waals surface area (Å²) in [5, 5.41) is 4.43. The molecule has 0 aliphatic rings. The van der Waals surface area contributed by atoms with E-state index in [2.05, 4.69) is 15.1 Å². The Balaban J connectivity index is 1.89. The van der Waals surface area contributed by atoms with E-state index in [1.807, 2.05) is 12.1 Å². The maximum atomic E-state index is 12.3. The maximum absolute atomic E-state index is 12.3. The second kappa shape index (κ2) is 5.32. The Hall–Kier alpha value is -2.76. The number of pyridine rings is 2. The quantitative estimate of drug-likeness (QED) is 0.687. The van der Waals surface area contributed by atoms with Crippen molar-refractivity contribution in [1.29, 1.82) is 0 Å². The van der Waals surface area contributed by atoms with Crippen molar-refractivity contribution < 1.29 is 14.1 Å². The number of aromatic nitrogens is 3. The summed E-state index contributed by atoms with van der Waals surface area (Å²) in [6.07, 6.45) is 1.65. The molecule has 3 aromatic heterocycles. The summed E-state index contributed by atoms with van der Waals surface area (Å²) in [6.45, 7) is 3.66. The zero-order valence-electron chi connectivity index (χ0n) is 11.7. The van der Waals surface area contributed by atoms with Gasteiger partial charge in [0, 0.05) is 11.9 Å². The van der Waals surface area contributed by atoms with E-state index in [0.29, 0.717) is 33.7 Å². The van der Waals surface area contributed by atoms with Gasteiger partial charge in [-0.25, -0.2) is 9.78 Å². The highest BCUT2D eigenvalue weighted by Gasteiger charge is 2.19. The fourth-order valence-corrected chi connectivity index (χ4v) is 2.08. The average molecular weight is 283 g/mol. The zero-order valence-corrected chi connectivity index (χ0v) is 11.7. The van der Waals surface area contributed by atoms with Crippen molar-refractivity contribution in [2.45, 2.75) is 20.5 Å². The molecule has 106 valence electrons. The Bertz CT molecular complexity index is 797. The summed E-state index contributed by atoms with van der Waals surface area (Å²) in [5.74, 6) is -0.442. The van der Waals surface area contributed by atoms with Crippen molar-refractivity contribution in [1.82, 2.24) is 15.1 Å². The predicted molar refractivity (Wildman–Crippen MR) is 74.6 cm³/mol. The number of carbonyl (C=O) groups excluding carboxylic acids is 1. The molecule has 0 aliphatic heterocycles. The van der Waals surface area contributed by atoms with Crippen molar-refractivity contribution >= 4 is 17.1 Å². The summed E-state index contributed by atoms with van der Waals surface area (Å²) in [7, 11) is 0. The molecule has 0 aromatic carbocycles. The lowest BCUT2D eigenvalue weighted by Crippen LogP contribution is -2.07. The van der Waals surface area contributed by atoms with Crippen LogP contribution in [0.2, 0.25) is 0 Å². The normalized spacial score (nSPS) is 10.8. The standard InChI is InChI=1S/C15H13N3O3/c1-9-7-12(13-10(2)18-21-14(13)17-9)15(19)20-8-11-5-3-4-6-16-11/h3-7H,8H2,1-2H3. The topological polar surface area (TPSA) is 78.1 Å². The van der Waals surface area contributed by atoms with Gasteiger partial charge in [0.05, 0.1) is 22.3 Å². The Morgan fingerprint density at radius 3 is 2.95 bits per heavy atom. The lowest BCUT2D eigenvalue weighted by Gasteiger charge is -2.06. The first-order valence-electron chi connectivity index (χ1n) is 6.46. The van der Waals surface area contributed by atoms with Gasteiger partial charge in [-0.15, -0.1) is 0 Å². The van der Waals surface area contributed by atoms with E-state index in [1.54, 1.807) is 32.2 Å². The van der Waals surface area contributed by atoms with Crippen molar-refractivity contribution in [2.75, 3.05) is 0 Å². The summed E-state index contributed by atoms with van der Waals surface area (Å²) < 4.78 is 10.4. The Morgan fingerprint density at radius 2 is 2.19 bits per heavy atom. The first-order chi connectivity index (χ1) is 10.1. The van der Waals surface area contributed by atoms with Crippen LogP contribution in [0.25, 0.3) is 11.1 Å². The first-order valence-corrected chi connectivity index (χ1v) is 6.46. The molecule has 0 N–H and O–H groups in total. The third-order valence-corrected chi connectivity index (χ3v) is 3.04. The van der Waals surface area contributed by atoms with E-state index in [1.165, 1.54) is 0 Å². The molecule has 0 spiro atoms. The Kier molecular flexibility index (Phi) is 3.35. The van der Waals surface area contributed by atoms with Crippen molar-refractivity contribution in [3.63, 3.8) is 0 Å². The molecule has 21 heavy (non-hydrogen) atoms. The van der Waals surface area contributed by atoms with Crippen molar-refractivity contribution in [2.24, 2.45) is 0 Å². The minimum atomic E-state index is -0.442. The van der Waals surface area contributed by atoms with Crippen LogP contribution in [-0.4, -0.2) is 21.1 Å². The van der Waals surface area contributed by atoms with Gasteiger partial charge in [-0.05, 0) is 32.0 Å². The highest BCUT2D eigenvalue weighted by Crippen LogP contribution is 2.22. The number of esters is 1. The molecule has 6 nitrogen and oxygen atoms in total. The van der Waals surface area contributed by atoms with Gasteiger partial charge in [0.2, 0.25) is 0 Å². The summed E-state index contributed by atoms with van der Waals surface area (Å²) in [5.41, 5.74) is 2.73. The minimum Gasteiger partial charge on any atom is -0.456 e. The van der Waals surface area contributed by atoms with Crippen LogP contribution in [0, 0.1) is 13.8 Å². The fourth-order valence-electron chi connectivity index (χ4n) is 2.08. The van der Waals surface area contributed by atoms with E-state index in [0.717, 1.165) is 0 Å². The number of aryl methyl sites for hydroxylation is 2. The molecule has 0 aliphatic carbocycles. The van der Waals surface area contributed by atoms with E-state index >= 15 is 0 Å². The predicted octanol–water partition coefficient (Wildman–Crippen LogP) is 2.59. The molecule has 6 heteroatoms. The highest BCUT2D eigenvalue weighted by molar-refractivity contribution is 6.03. The maximum Gasteiger partial charge on any atom is 0.339 e. The van der Waals surface area contributed by atoms with E-state index in [-0.39, 0.29) is 6.61 Å². The molecule has 0 saturated heterocycles. The van der Waals surface area contributed by atoms with Crippen LogP contribution in [-0.2, 0) is 11.3 Å². The van der Waals surface area contributed by atoms with Gasteiger partial charge in [0.15, 0.2) is 0 Å². The average Bonchev–Trinajstić information content (AvgIpc) is 2.86. The summed E-state index contributed by atoms with van der Waals surface area (Å²) in [6, 6.07) is 7.12. The minimum absolute atomic E-state index is 0.118. The molecule has 0 saturated carbocycles. The molecular weight excluding hydrogens is 270 g/mol. The van der Waals surface area contributed by atoms with Gasteiger partial charge in [0.1, 0.15) is 6.61 Å². The van der Waals surface area contributed by atoms with Crippen LogP contribution < -0.4 is 0 Å². The number of nitrogens with zero attached hydrogens (tertiary/aromatic N) is 3. The fraction of sp³-hybridized carbons (Fsp3) is 0.200. The van der Waals surface area contributed by atoms with Crippen LogP contribution in [0.15, 0.2) is 35.0 Å². The van der Waals surface area contributed by atoms with Crippen molar-refractivity contribution in [3.05, 3.63) is 53.1 Å². The largest absolute Gasteiger partial charge is 0.456 e. The zero-order chi connectivity index (χ0) is 14.8. The molecule has 3 aromatic rings. The van der Waals surface area contributed by atoms with E-state index in [9.17, 15) is 4.79 Å². The van der Waals surface area contributed by atoms with Gasteiger partial charge in [-0.1, -0.05) is 11.2 Å². The Morgan fingerprint density at radius 1 is 1.33 bits per heavy atom. The highest BCUT2D eigenvalue weighted by atomic mass is 16.5. The number of fused-ring (bicyclic) bond motifs is 1. The molecule has 0 amide bonds. The van der Waals surface area contributed by atoms with Gasteiger partial charge >= 0.3 is 5.97 Å². The van der Waals surface area contributed by atoms with Crippen LogP contribution in [0.1, 0.15) is 27.4 Å². The second-order valence-corrected chi connectivity index (χ2v) is 4.66. The monoisotopic (exact) mass is 283 g/mol. The smallest absolute Gasteiger partial charge is 0.339 e. The molecule has 0 bridgehead atoms. The van der Waals surface area contributed by atoms with Gasteiger partial charge in [-0.2, -0.15) is 0 Å². The molecule has 3 rings (SSSR count). The number of ether oxygens (including phenoxy) is 1. The van der Waals surface area contributed by atoms with Crippen LogP contribution in [0.4, 0.5) is 0 Å². The van der Waals surface area contributed by atoms with Gasteiger partial charge < -0.3 is 9.26 Å². The lowest BCUT2D eigenvalue weighted by molar-refractivity contribution is 0.0470. The summed E-state index contributed by atoms with van der Waals surface area (Å²) in [4.78, 5) is 20.6. The number of hydrogen-bond acceptors (Lipinski definition) is 6.